The first kappa shape index (κ1) is 12.5. The number of amides is 1. The number of H-pyrrole nitrogens is 1. The number of carbonyl (C=O) groups is 1. The van der Waals surface area contributed by atoms with E-state index in [9.17, 15) is 4.79 Å². The SMILES string of the molecule is CC(C)c1nc(C(=O)Nc2cnccc2Cl)n[nH]1. The molecule has 18 heavy (non-hydrogen) atoms. The molecular formula is C11H12ClN5O. The van der Waals surface area contributed by atoms with Crippen molar-refractivity contribution in [2.24, 2.45) is 0 Å². The van der Waals surface area contributed by atoms with Crippen LogP contribution in [0.15, 0.2) is 18.5 Å². The van der Waals surface area contributed by atoms with Crippen molar-refractivity contribution in [2.45, 2.75) is 19.8 Å². The summed E-state index contributed by atoms with van der Waals surface area (Å²) in [6.45, 7) is 3.92. The highest BCUT2D eigenvalue weighted by Crippen LogP contribution is 2.19. The predicted molar refractivity (Wildman–Crippen MR) is 67.7 cm³/mol. The Labute approximate surface area is 109 Å². The zero-order valence-corrected chi connectivity index (χ0v) is 10.7. The predicted octanol–water partition coefficient (Wildman–Crippen LogP) is 2.23. The van der Waals surface area contributed by atoms with Crippen LogP contribution in [0.5, 0.6) is 0 Å². The van der Waals surface area contributed by atoms with Crippen LogP contribution in [-0.4, -0.2) is 26.1 Å². The molecule has 94 valence electrons. The normalized spacial score (nSPS) is 10.7. The maximum Gasteiger partial charge on any atom is 0.295 e. The molecule has 0 saturated carbocycles. The fourth-order valence-electron chi connectivity index (χ4n) is 1.28. The van der Waals surface area contributed by atoms with Crippen LogP contribution in [0.2, 0.25) is 5.02 Å². The van der Waals surface area contributed by atoms with Gasteiger partial charge in [-0.1, -0.05) is 25.4 Å². The maximum atomic E-state index is 11.9. The van der Waals surface area contributed by atoms with E-state index in [1.54, 1.807) is 12.3 Å². The Morgan fingerprint density at radius 3 is 2.89 bits per heavy atom. The van der Waals surface area contributed by atoms with Gasteiger partial charge in [0, 0.05) is 12.1 Å². The first-order valence-electron chi connectivity index (χ1n) is 5.41. The smallest absolute Gasteiger partial charge is 0.295 e. The van der Waals surface area contributed by atoms with Crippen LogP contribution in [0, 0.1) is 0 Å². The molecule has 0 aliphatic rings. The van der Waals surface area contributed by atoms with Crippen LogP contribution >= 0.6 is 11.6 Å². The lowest BCUT2D eigenvalue weighted by atomic mass is 10.2. The molecule has 2 heterocycles. The van der Waals surface area contributed by atoms with E-state index in [-0.39, 0.29) is 11.7 Å². The van der Waals surface area contributed by atoms with Crippen molar-refractivity contribution in [3.05, 3.63) is 35.1 Å². The molecule has 0 bridgehead atoms. The lowest BCUT2D eigenvalue weighted by molar-refractivity contribution is 0.101. The molecule has 0 aliphatic heterocycles. The second-order valence-corrected chi connectivity index (χ2v) is 4.42. The largest absolute Gasteiger partial charge is 0.317 e. The average molecular weight is 266 g/mol. The lowest BCUT2D eigenvalue weighted by Gasteiger charge is -2.03. The summed E-state index contributed by atoms with van der Waals surface area (Å²) in [5.41, 5.74) is 0.431. The van der Waals surface area contributed by atoms with Gasteiger partial charge in [0.05, 0.1) is 16.9 Å². The van der Waals surface area contributed by atoms with Gasteiger partial charge in [-0.25, -0.2) is 4.98 Å². The molecule has 0 aliphatic carbocycles. The molecule has 0 unspecified atom stereocenters. The summed E-state index contributed by atoms with van der Waals surface area (Å²) in [5.74, 6) is 0.505. The van der Waals surface area contributed by atoms with Crippen LogP contribution in [0.1, 0.15) is 36.2 Å². The van der Waals surface area contributed by atoms with Crippen molar-refractivity contribution in [3.8, 4) is 0 Å². The fraction of sp³-hybridized carbons (Fsp3) is 0.273. The molecule has 2 aromatic heterocycles. The van der Waals surface area contributed by atoms with Gasteiger partial charge in [-0.05, 0) is 6.07 Å². The molecule has 0 fully saturated rings. The summed E-state index contributed by atoms with van der Waals surface area (Å²) in [7, 11) is 0. The maximum absolute atomic E-state index is 11.9. The number of nitrogens with zero attached hydrogens (tertiary/aromatic N) is 3. The molecule has 6 nitrogen and oxygen atoms in total. The van der Waals surface area contributed by atoms with Gasteiger partial charge in [0.1, 0.15) is 5.82 Å². The van der Waals surface area contributed by atoms with Gasteiger partial charge in [-0.3, -0.25) is 14.9 Å². The van der Waals surface area contributed by atoms with Gasteiger partial charge in [0.25, 0.3) is 5.91 Å². The van der Waals surface area contributed by atoms with Crippen molar-refractivity contribution in [3.63, 3.8) is 0 Å². The molecule has 1 amide bonds. The summed E-state index contributed by atoms with van der Waals surface area (Å²) in [4.78, 5) is 19.8. The third kappa shape index (κ3) is 2.65. The number of pyridine rings is 1. The Hall–Kier alpha value is -1.95. The molecule has 2 aromatic rings. The Balaban J connectivity index is 2.15. The van der Waals surface area contributed by atoms with E-state index >= 15 is 0 Å². The lowest BCUT2D eigenvalue weighted by Crippen LogP contribution is -2.14. The van der Waals surface area contributed by atoms with E-state index in [1.807, 2.05) is 13.8 Å². The van der Waals surface area contributed by atoms with Gasteiger partial charge >= 0.3 is 0 Å². The van der Waals surface area contributed by atoms with Gasteiger partial charge in [-0.15, -0.1) is 5.10 Å². The number of rotatable bonds is 3. The quantitative estimate of drug-likeness (QED) is 0.891. The Kier molecular flexibility index (Phi) is 3.57. The molecule has 0 spiro atoms. The van der Waals surface area contributed by atoms with Crippen LogP contribution in [0.4, 0.5) is 5.69 Å². The molecule has 7 heteroatoms. The average Bonchev–Trinajstić information content (AvgIpc) is 2.81. The minimum Gasteiger partial charge on any atom is -0.317 e. The van der Waals surface area contributed by atoms with Crippen molar-refractivity contribution in [1.29, 1.82) is 0 Å². The monoisotopic (exact) mass is 265 g/mol. The van der Waals surface area contributed by atoms with Gasteiger partial charge < -0.3 is 5.32 Å². The fourth-order valence-corrected chi connectivity index (χ4v) is 1.43. The third-order valence-electron chi connectivity index (χ3n) is 2.27. The zero-order valence-electron chi connectivity index (χ0n) is 9.94. The molecular weight excluding hydrogens is 254 g/mol. The minimum absolute atomic E-state index is 0.0821. The summed E-state index contributed by atoms with van der Waals surface area (Å²) in [6.07, 6.45) is 3.01. The van der Waals surface area contributed by atoms with Gasteiger partial charge in [0.15, 0.2) is 0 Å². The summed E-state index contributed by atoms with van der Waals surface area (Å²) in [5, 5.41) is 9.58. The van der Waals surface area contributed by atoms with Gasteiger partial charge in [0.2, 0.25) is 5.82 Å². The standard InChI is InChI=1S/C11H12ClN5O/c1-6(2)9-15-10(17-16-9)11(18)14-8-5-13-4-3-7(8)12/h3-6H,1-2H3,(H,14,18)(H,15,16,17). The second kappa shape index (κ2) is 5.14. The van der Waals surface area contributed by atoms with E-state index in [4.69, 9.17) is 11.6 Å². The van der Waals surface area contributed by atoms with Crippen molar-refractivity contribution < 1.29 is 4.79 Å². The number of hydrogen-bond acceptors (Lipinski definition) is 4. The van der Waals surface area contributed by atoms with E-state index < -0.39 is 5.91 Å². The van der Waals surface area contributed by atoms with Crippen LogP contribution in [0.3, 0.4) is 0 Å². The highest BCUT2D eigenvalue weighted by molar-refractivity contribution is 6.33. The second-order valence-electron chi connectivity index (χ2n) is 4.01. The highest BCUT2D eigenvalue weighted by Gasteiger charge is 2.15. The number of aromatic nitrogens is 4. The number of carbonyl (C=O) groups excluding carboxylic acids is 1. The first-order valence-corrected chi connectivity index (χ1v) is 5.79. The van der Waals surface area contributed by atoms with Crippen LogP contribution < -0.4 is 5.32 Å². The summed E-state index contributed by atoms with van der Waals surface area (Å²) >= 11 is 5.91. The molecule has 2 rings (SSSR count). The van der Waals surface area contributed by atoms with Crippen molar-refractivity contribution in [2.75, 3.05) is 5.32 Å². The van der Waals surface area contributed by atoms with E-state index in [0.29, 0.717) is 16.5 Å². The number of aromatic amines is 1. The minimum atomic E-state index is -0.423. The van der Waals surface area contributed by atoms with Gasteiger partial charge in [-0.2, -0.15) is 0 Å². The Morgan fingerprint density at radius 1 is 1.50 bits per heavy atom. The molecule has 0 atom stereocenters. The zero-order chi connectivity index (χ0) is 13.1. The molecule has 2 N–H and O–H groups in total. The number of anilines is 1. The summed E-state index contributed by atoms with van der Waals surface area (Å²) in [6, 6.07) is 1.59. The Morgan fingerprint density at radius 2 is 2.28 bits per heavy atom. The van der Waals surface area contributed by atoms with E-state index in [2.05, 4.69) is 25.5 Å². The van der Waals surface area contributed by atoms with Crippen LogP contribution in [0.25, 0.3) is 0 Å². The first-order chi connectivity index (χ1) is 8.58. The number of nitrogens with one attached hydrogen (secondary N) is 2. The molecule has 0 aromatic carbocycles. The molecule has 0 saturated heterocycles. The third-order valence-corrected chi connectivity index (χ3v) is 2.60. The Bertz CT molecular complexity index is 566. The molecule has 0 radical (unpaired) electrons. The highest BCUT2D eigenvalue weighted by atomic mass is 35.5. The topological polar surface area (TPSA) is 83.6 Å². The number of halogens is 1. The van der Waals surface area contributed by atoms with Crippen molar-refractivity contribution >= 4 is 23.2 Å². The van der Waals surface area contributed by atoms with E-state index in [1.165, 1.54) is 6.20 Å². The van der Waals surface area contributed by atoms with E-state index in [0.717, 1.165) is 0 Å². The van der Waals surface area contributed by atoms with Crippen LogP contribution in [-0.2, 0) is 0 Å². The number of hydrogen-bond donors (Lipinski definition) is 2. The summed E-state index contributed by atoms with van der Waals surface area (Å²) < 4.78 is 0. The van der Waals surface area contributed by atoms with Crippen molar-refractivity contribution in [1.82, 2.24) is 20.2 Å².